The molecule has 0 saturated carbocycles. The van der Waals surface area contributed by atoms with E-state index in [0.717, 1.165) is 103 Å². The van der Waals surface area contributed by atoms with E-state index in [1.54, 1.807) is 6.92 Å². The average Bonchev–Trinajstić information content (AvgIpc) is 3.75. The van der Waals surface area contributed by atoms with Crippen molar-refractivity contribution in [3.8, 4) is 0 Å². The minimum atomic E-state index is -0.706. The van der Waals surface area contributed by atoms with Crippen molar-refractivity contribution < 1.29 is 19.7 Å². The second-order valence-electron chi connectivity index (χ2n) is 12.4. The zero-order valence-electron chi connectivity index (χ0n) is 27.0. The number of fused-ring (bicyclic) bond motifs is 5. The molecule has 5 aliphatic heterocycles. The minimum Gasteiger partial charge on any atom is -0.511 e. The summed E-state index contributed by atoms with van der Waals surface area (Å²) in [5.41, 5.74) is 14.7. The van der Waals surface area contributed by atoms with E-state index in [1.807, 2.05) is 13.0 Å². The summed E-state index contributed by atoms with van der Waals surface area (Å²) in [4.78, 5) is 27.7. The number of rotatable bonds is 6. The largest absolute Gasteiger partial charge is 0.511 e. The summed E-state index contributed by atoms with van der Waals surface area (Å²) in [6.45, 7) is 14.4. The van der Waals surface area contributed by atoms with Crippen molar-refractivity contribution in [2.24, 2.45) is 26.8 Å². The number of carbonyl (C=O) groups excluding carboxylic acids is 1. The third-order valence-electron chi connectivity index (χ3n) is 10.00. The molecule has 230 valence electrons. The summed E-state index contributed by atoms with van der Waals surface area (Å²) in [5.74, 6) is 0.121. The number of nitrogens with zero attached hydrogens (tertiary/aromatic N) is 3. The first-order chi connectivity index (χ1) is 21.0. The predicted octanol–water partition coefficient (Wildman–Crippen LogP) is 6.77. The van der Waals surface area contributed by atoms with Crippen molar-refractivity contribution in [1.29, 1.82) is 0 Å². The van der Waals surface area contributed by atoms with Gasteiger partial charge in [-0.15, -0.1) is 0 Å². The van der Waals surface area contributed by atoms with E-state index >= 15 is 0 Å². The van der Waals surface area contributed by atoms with Gasteiger partial charge in [0.2, 0.25) is 0 Å². The number of esters is 1. The Labute approximate surface area is 259 Å². The van der Waals surface area contributed by atoms with Gasteiger partial charge in [-0.25, -0.2) is 15.0 Å². The summed E-state index contributed by atoms with van der Waals surface area (Å²) >= 11 is 0. The van der Waals surface area contributed by atoms with Crippen LogP contribution in [0.25, 0.3) is 0 Å². The molecule has 0 aromatic carbocycles. The van der Waals surface area contributed by atoms with Gasteiger partial charge in [0.25, 0.3) is 0 Å². The van der Waals surface area contributed by atoms with Gasteiger partial charge < -0.3 is 20.3 Å². The summed E-state index contributed by atoms with van der Waals surface area (Å²) in [6.07, 6.45) is 6.15. The number of hydrogen-bond donors (Lipinski definition) is 3. The highest BCUT2D eigenvalue weighted by atomic mass is 16.5. The lowest BCUT2D eigenvalue weighted by molar-refractivity contribution is -0.140. The van der Waals surface area contributed by atoms with Gasteiger partial charge >= 0.3 is 5.97 Å². The van der Waals surface area contributed by atoms with Crippen molar-refractivity contribution in [2.75, 3.05) is 7.11 Å². The SMILES string of the molecule is CCC1=C2C=C3N=C(C=C4N=C(C(C)=C4[C@@H](C)O)C(C)=C4NC(=C5CC(O)=C1C5=N2)[C@H](CCC(=O)OC)[C@H]4C)C(C)=C3CC. The first-order valence-electron chi connectivity index (χ1n) is 15.7. The van der Waals surface area contributed by atoms with Gasteiger partial charge in [-0.2, -0.15) is 0 Å². The Morgan fingerprint density at radius 3 is 2.39 bits per heavy atom. The Morgan fingerprint density at radius 1 is 1.00 bits per heavy atom. The standard InChI is InChI=1S/C36H42N4O4/c1-9-21-16(3)25-14-28-31(20(7)41)18(5)34(39-28)19(6)33-17(4)23(11-12-30(43)44-8)35(40-33)24-13-29(42)32-22(10-2)27(38-36(24)32)15-26(21)37-25/h14-15,17,20,23,40-42H,9-13H2,1-8H3/t17-,20-,23-/m1/s1. The normalized spacial score (nSPS) is 25.2. The lowest BCUT2D eigenvalue weighted by atomic mass is 9.85. The van der Waals surface area contributed by atoms with Crippen LogP contribution >= 0.6 is 0 Å². The molecule has 6 rings (SSSR count). The Kier molecular flexibility index (Phi) is 7.60. The van der Waals surface area contributed by atoms with Gasteiger partial charge in [0.1, 0.15) is 5.76 Å². The quantitative estimate of drug-likeness (QED) is 0.294. The summed E-state index contributed by atoms with van der Waals surface area (Å²) in [7, 11) is 1.42. The second-order valence-corrected chi connectivity index (χ2v) is 12.4. The van der Waals surface area contributed by atoms with Crippen LogP contribution in [0, 0.1) is 11.8 Å². The van der Waals surface area contributed by atoms with Gasteiger partial charge in [-0.05, 0) is 87.0 Å². The molecule has 0 amide bonds. The van der Waals surface area contributed by atoms with Crippen LogP contribution in [0.15, 0.2) is 106 Å². The molecule has 0 aromatic heterocycles. The number of aliphatic imine (C=N–C) groups is 3. The van der Waals surface area contributed by atoms with E-state index in [0.29, 0.717) is 18.6 Å². The fourth-order valence-corrected chi connectivity index (χ4v) is 7.70. The highest BCUT2D eigenvalue weighted by Gasteiger charge is 2.42. The lowest BCUT2D eigenvalue weighted by Crippen LogP contribution is -2.16. The molecule has 8 bridgehead atoms. The van der Waals surface area contributed by atoms with E-state index < -0.39 is 6.10 Å². The van der Waals surface area contributed by atoms with E-state index in [1.165, 1.54) is 7.11 Å². The molecule has 1 saturated heterocycles. The van der Waals surface area contributed by atoms with E-state index in [4.69, 9.17) is 19.7 Å². The maximum absolute atomic E-state index is 12.3. The number of methoxy groups -OCH3 is 1. The smallest absolute Gasteiger partial charge is 0.305 e. The average molecular weight is 595 g/mol. The zero-order chi connectivity index (χ0) is 31.6. The number of nitrogens with one attached hydrogen (secondary N) is 1. The molecule has 3 atom stereocenters. The van der Waals surface area contributed by atoms with Gasteiger partial charge in [0.05, 0.1) is 47.4 Å². The number of ether oxygens (including phenoxy) is 1. The fraction of sp³-hybridized carbons (Fsp3) is 0.444. The van der Waals surface area contributed by atoms with Crippen molar-refractivity contribution in [1.82, 2.24) is 5.32 Å². The first kappa shape index (κ1) is 30.0. The Bertz CT molecular complexity index is 1750. The third kappa shape index (κ3) is 4.53. The molecule has 0 unspecified atom stereocenters. The van der Waals surface area contributed by atoms with Crippen LogP contribution in [0.3, 0.4) is 0 Å². The molecular weight excluding hydrogens is 552 g/mol. The van der Waals surface area contributed by atoms with Crippen molar-refractivity contribution >= 4 is 23.1 Å². The molecule has 1 fully saturated rings. The van der Waals surface area contributed by atoms with E-state index in [2.05, 4.69) is 46.0 Å². The summed E-state index contributed by atoms with van der Waals surface area (Å²) in [6, 6.07) is 0. The lowest BCUT2D eigenvalue weighted by Gasteiger charge is -2.17. The fourth-order valence-electron chi connectivity index (χ4n) is 7.70. The Balaban J connectivity index is 1.64. The van der Waals surface area contributed by atoms with Crippen LogP contribution < -0.4 is 5.32 Å². The Morgan fingerprint density at radius 2 is 1.73 bits per heavy atom. The molecule has 6 aliphatic rings. The number of carbonyl (C=O) groups is 1. The van der Waals surface area contributed by atoms with Gasteiger partial charge in [0.15, 0.2) is 0 Å². The number of hydrogen-bond acceptors (Lipinski definition) is 8. The maximum atomic E-state index is 12.3. The van der Waals surface area contributed by atoms with Crippen molar-refractivity contribution in [3.05, 3.63) is 91.0 Å². The van der Waals surface area contributed by atoms with Crippen LogP contribution in [0.1, 0.15) is 80.6 Å². The number of aliphatic hydroxyl groups is 2. The van der Waals surface area contributed by atoms with Crippen LogP contribution in [0.5, 0.6) is 0 Å². The summed E-state index contributed by atoms with van der Waals surface area (Å²) < 4.78 is 5.00. The maximum Gasteiger partial charge on any atom is 0.305 e. The molecule has 8 heteroatoms. The topological polar surface area (TPSA) is 116 Å². The first-order valence-corrected chi connectivity index (χ1v) is 15.7. The van der Waals surface area contributed by atoms with E-state index in [9.17, 15) is 15.0 Å². The van der Waals surface area contributed by atoms with Gasteiger partial charge in [-0.1, -0.05) is 20.8 Å². The third-order valence-corrected chi connectivity index (χ3v) is 10.00. The molecule has 5 heterocycles. The highest BCUT2D eigenvalue weighted by Crippen LogP contribution is 2.48. The Hall–Kier alpha value is -4.04. The molecule has 44 heavy (non-hydrogen) atoms. The molecular formula is C36H42N4O4. The van der Waals surface area contributed by atoms with E-state index in [-0.39, 0.29) is 24.2 Å². The van der Waals surface area contributed by atoms with Crippen LogP contribution in [-0.4, -0.2) is 46.5 Å². The monoisotopic (exact) mass is 594 g/mol. The number of aliphatic hydroxyl groups excluding tert-OH is 2. The molecule has 8 nitrogen and oxygen atoms in total. The van der Waals surface area contributed by atoms with Crippen LogP contribution in [0.2, 0.25) is 0 Å². The molecule has 0 spiro atoms. The number of allylic oxidation sites excluding steroid dienone is 11. The molecule has 3 N–H and O–H groups in total. The molecule has 0 aromatic rings. The van der Waals surface area contributed by atoms with Crippen molar-refractivity contribution in [2.45, 2.75) is 86.7 Å². The van der Waals surface area contributed by atoms with Gasteiger partial charge in [-0.3, -0.25) is 4.79 Å². The minimum absolute atomic E-state index is 0.0107. The zero-order valence-corrected chi connectivity index (χ0v) is 27.0. The van der Waals surface area contributed by atoms with Gasteiger partial charge in [0, 0.05) is 52.8 Å². The highest BCUT2D eigenvalue weighted by molar-refractivity contribution is 6.21. The predicted molar refractivity (Wildman–Crippen MR) is 174 cm³/mol. The molecule has 0 radical (unpaired) electrons. The molecule has 1 aliphatic carbocycles. The van der Waals surface area contributed by atoms with Crippen molar-refractivity contribution in [3.63, 3.8) is 0 Å². The summed E-state index contributed by atoms with van der Waals surface area (Å²) in [5, 5.41) is 26.1. The van der Waals surface area contributed by atoms with Crippen LogP contribution in [0.4, 0.5) is 0 Å². The second kappa shape index (κ2) is 11.1. The van der Waals surface area contributed by atoms with Crippen LogP contribution in [-0.2, 0) is 9.53 Å².